The normalized spacial score (nSPS) is 17.4. The molecule has 128 valence electrons. The second-order valence-electron chi connectivity index (χ2n) is 5.53. The highest BCUT2D eigenvalue weighted by atomic mass is 32.2. The zero-order valence-electron chi connectivity index (χ0n) is 13.9. The van der Waals surface area contributed by atoms with Gasteiger partial charge < -0.3 is 0 Å². The van der Waals surface area contributed by atoms with Crippen molar-refractivity contribution in [3.05, 3.63) is 76.4 Å². The lowest BCUT2D eigenvalue weighted by molar-refractivity contribution is -0.113. The molecule has 7 heteroatoms. The van der Waals surface area contributed by atoms with Gasteiger partial charge in [-0.3, -0.25) is 14.7 Å². The van der Waals surface area contributed by atoms with Crippen molar-refractivity contribution < 1.29 is 4.79 Å². The molecule has 1 saturated heterocycles. The first kappa shape index (κ1) is 16.7. The first-order chi connectivity index (χ1) is 12.7. The maximum Gasteiger partial charge on any atom is 0.271 e. The maximum absolute atomic E-state index is 13.0. The molecule has 0 spiro atoms. The van der Waals surface area contributed by atoms with Crippen molar-refractivity contribution in [3.63, 3.8) is 0 Å². The second kappa shape index (κ2) is 7.23. The number of hydrogen-bond acceptors (Lipinski definition) is 6. The summed E-state index contributed by atoms with van der Waals surface area (Å²) in [6.45, 7) is 1.93. The SMILES string of the molecule is Cc1csc(/N=C2/S/C(=C\c3ccncc3)C(=O)N2c2ccccc2)n1. The number of rotatable bonds is 3. The van der Waals surface area contributed by atoms with Gasteiger partial charge in [0.05, 0.1) is 16.3 Å². The molecule has 1 aromatic carbocycles. The smallest absolute Gasteiger partial charge is 0.268 e. The number of benzene rings is 1. The summed E-state index contributed by atoms with van der Waals surface area (Å²) >= 11 is 2.82. The van der Waals surface area contributed by atoms with Crippen LogP contribution in [-0.2, 0) is 4.79 Å². The first-order valence-electron chi connectivity index (χ1n) is 7.90. The topological polar surface area (TPSA) is 58.5 Å². The number of amides is 1. The molecule has 1 amide bonds. The molecule has 5 nitrogen and oxygen atoms in total. The number of anilines is 1. The number of aromatic nitrogens is 2. The summed E-state index contributed by atoms with van der Waals surface area (Å²) < 4.78 is 0. The van der Waals surface area contributed by atoms with E-state index in [-0.39, 0.29) is 5.91 Å². The number of carbonyl (C=O) groups excluding carboxylic acids is 1. The van der Waals surface area contributed by atoms with Crippen LogP contribution in [0, 0.1) is 6.92 Å². The molecule has 0 unspecified atom stereocenters. The minimum Gasteiger partial charge on any atom is -0.268 e. The number of hydrogen-bond donors (Lipinski definition) is 0. The fourth-order valence-electron chi connectivity index (χ4n) is 2.44. The van der Waals surface area contributed by atoms with Gasteiger partial charge in [0.15, 0.2) is 5.17 Å². The highest BCUT2D eigenvalue weighted by Crippen LogP contribution is 2.37. The lowest BCUT2D eigenvalue weighted by Crippen LogP contribution is -2.28. The van der Waals surface area contributed by atoms with Gasteiger partial charge >= 0.3 is 0 Å². The average molecular weight is 378 g/mol. The van der Waals surface area contributed by atoms with E-state index in [1.165, 1.54) is 23.1 Å². The first-order valence-corrected chi connectivity index (χ1v) is 9.60. The third kappa shape index (κ3) is 3.44. The van der Waals surface area contributed by atoms with E-state index in [1.807, 2.05) is 60.8 Å². The van der Waals surface area contributed by atoms with Crippen LogP contribution in [-0.4, -0.2) is 21.0 Å². The third-order valence-corrected chi connectivity index (χ3v) is 5.44. The largest absolute Gasteiger partial charge is 0.271 e. The Morgan fingerprint density at radius 2 is 1.88 bits per heavy atom. The van der Waals surface area contributed by atoms with Crippen LogP contribution in [0.25, 0.3) is 6.08 Å². The Bertz CT molecular complexity index is 997. The zero-order valence-corrected chi connectivity index (χ0v) is 15.5. The minimum atomic E-state index is -0.0926. The number of para-hydroxylation sites is 1. The highest BCUT2D eigenvalue weighted by molar-refractivity contribution is 8.19. The fourth-order valence-corrected chi connectivity index (χ4v) is 4.14. The van der Waals surface area contributed by atoms with Crippen LogP contribution in [0.4, 0.5) is 10.8 Å². The summed E-state index contributed by atoms with van der Waals surface area (Å²) in [5, 5.41) is 3.20. The highest BCUT2D eigenvalue weighted by Gasteiger charge is 2.34. The summed E-state index contributed by atoms with van der Waals surface area (Å²) in [5.41, 5.74) is 2.63. The van der Waals surface area contributed by atoms with Crippen LogP contribution in [0.1, 0.15) is 11.3 Å². The van der Waals surface area contributed by atoms with Gasteiger partial charge in [-0.1, -0.05) is 18.2 Å². The van der Waals surface area contributed by atoms with E-state index in [2.05, 4.69) is 15.0 Å². The van der Waals surface area contributed by atoms with Crippen molar-refractivity contribution >= 4 is 51.1 Å². The van der Waals surface area contributed by atoms with Crippen LogP contribution in [0.15, 0.2) is 70.1 Å². The van der Waals surface area contributed by atoms with Gasteiger partial charge in [0.25, 0.3) is 5.91 Å². The number of carbonyl (C=O) groups is 1. The van der Waals surface area contributed by atoms with Crippen molar-refractivity contribution in [1.82, 2.24) is 9.97 Å². The van der Waals surface area contributed by atoms with Gasteiger partial charge in [0.2, 0.25) is 5.13 Å². The van der Waals surface area contributed by atoms with Crippen molar-refractivity contribution in [2.75, 3.05) is 4.90 Å². The molecule has 0 bridgehead atoms. The molecule has 3 aromatic rings. The summed E-state index contributed by atoms with van der Waals surface area (Å²) in [4.78, 5) is 28.3. The van der Waals surface area contributed by atoms with Crippen LogP contribution in [0.3, 0.4) is 0 Å². The van der Waals surface area contributed by atoms with E-state index < -0.39 is 0 Å². The molecule has 1 aliphatic heterocycles. The van der Waals surface area contributed by atoms with E-state index in [1.54, 1.807) is 17.3 Å². The Morgan fingerprint density at radius 3 is 2.58 bits per heavy atom. The monoisotopic (exact) mass is 378 g/mol. The number of nitrogens with zero attached hydrogens (tertiary/aromatic N) is 4. The van der Waals surface area contributed by atoms with Crippen molar-refractivity contribution in [1.29, 1.82) is 0 Å². The van der Waals surface area contributed by atoms with E-state index in [4.69, 9.17) is 0 Å². The van der Waals surface area contributed by atoms with Gasteiger partial charge in [-0.15, -0.1) is 11.3 Å². The molecule has 26 heavy (non-hydrogen) atoms. The predicted octanol–water partition coefficient (Wildman–Crippen LogP) is 4.66. The van der Waals surface area contributed by atoms with Gasteiger partial charge in [0, 0.05) is 17.8 Å². The number of thioether (sulfide) groups is 1. The molecule has 4 rings (SSSR count). The van der Waals surface area contributed by atoms with Gasteiger partial charge in [-0.25, -0.2) is 4.98 Å². The molecular formula is C19H14N4OS2. The summed E-state index contributed by atoms with van der Waals surface area (Å²) in [5.74, 6) is -0.0926. The maximum atomic E-state index is 13.0. The predicted molar refractivity (Wildman–Crippen MR) is 108 cm³/mol. The Balaban J connectivity index is 1.77. The molecule has 1 aliphatic rings. The Morgan fingerprint density at radius 1 is 1.12 bits per heavy atom. The Hall–Kier alpha value is -2.77. The number of amidine groups is 1. The molecule has 0 radical (unpaired) electrons. The minimum absolute atomic E-state index is 0.0926. The van der Waals surface area contributed by atoms with Crippen LogP contribution < -0.4 is 4.90 Å². The Labute approximate surface area is 159 Å². The average Bonchev–Trinajstić information content (AvgIpc) is 3.20. The van der Waals surface area contributed by atoms with Gasteiger partial charge in [-0.05, 0) is 54.6 Å². The summed E-state index contributed by atoms with van der Waals surface area (Å²) in [6.07, 6.45) is 5.28. The van der Waals surface area contributed by atoms with Gasteiger partial charge in [-0.2, -0.15) is 4.99 Å². The fraction of sp³-hybridized carbons (Fsp3) is 0.0526. The lowest BCUT2D eigenvalue weighted by atomic mass is 10.2. The summed E-state index contributed by atoms with van der Waals surface area (Å²) in [6, 6.07) is 13.3. The molecule has 0 aliphatic carbocycles. The van der Waals surface area contributed by atoms with E-state index >= 15 is 0 Å². The molecule has 1 fully saturated rings. The number of aryl methyl sites for hydroxylation is 1. The number of pyridine rings is 1. The quantitative estimate of drug-likeness (QED) is 0.622. The molecular weight excluding hydrogens is 364 g/mol. The van der Waals surface area contributed by atoms with Crippen LogP contribution in [0.2, 0.25) is 0 Å². The molecule has 3 heterocycles. The summed E-state index contributed by atoms with van der Waals surface area (Å²) in [7, 11) is 0. The standard InChI is InChI=1S/C19H14N4OS2/c1-13-12-25-18(21-13)22-19-23(15-5-3-2-4-6-15)17(24)16(26-19)11-14-7-9-20-10-8-14/h2-12H,1H3/b16-11-,22-19+. The van der Waals surface area contributed by atoms with E-state index in [0.717, 1.165) is 16.9 Å². The van der Waals surface area contributed by atoms with Crippen molar-refractivity contribution in [2.24, 2.45) is 4.99 Å². The number of thiazole rings is 1. The molecule has 0 saturated carbocycles. The van der Waals surface area contributed by atoms with E-state index in [0.29, 0.717) is 15.2 Å². The van der Waals surface area contributed by atoms with Gasteiger partial charge in [0.1, 0.15) is 0 Å². The molecule has 0 N–H and O–H groups in total. The lowest BCUT2D eigenvalue weighted by Gasteiger charge is -2.14. The molecule has 0 atom stereocenters. The second-order valence-corrected chi connectivity index (χ2v) is 7.38. The van der Waals surface area contributed by atoms with Crippen molar-refractivity contribution in [3.8, 4) is 0 Å². The van der Waals surface area contributed by atoms with E-state index in [9.17, 15) is 4.79 Å². The zero-order chi connectivity index (χ0) is 17.9. The molecule has 2 aromatic heterocycles. The van der Waals surface area contributed by atoms with Crippen molar-refractivity contribution in [2.45, 2.75) is 6.92 Å². The number of aliphatic imine (C=N–C) groups is 1. The van der Waals surface area contributed by atoms with Crippen LogP contribution >= 0.6 is 23.1 Å². The third-order valence-electron chi connectivity index (χ3n) is 3.62. The Kier molecular flexibility index (Phi) is 4.64. The van der Waals surface area contributed by atoms with Crippen LogP contribution in [0.5, 0.6) is 0 Å².